The normalized spacial score (nSPS) is 11.1. The average Bonchev–Trinajstić information content (AvgIpc) is 2.47. The summed E-state index contributed by atoms with van der Waals surface area (Å²) in [5.41, 5.74) is 2.02. The molecule has 0 aliphatic heterocycles. The number of halogens is 1. The molecule has 3 nitrogen and oxygen atoms in total. The molecule has 2 heterocycles. The number of aromatic nitrogens is 2. The van der Waals surface area contributed by atoms with Crippen molar-refractivity contribution in [1.82, 2.24) is 9.97 Å². The van der Waals surface area contributed by atoms with E-state index in [0.29, 0.717) is 6.04 Å². The molecule has 2 rings (SSSR count). The summed E-state index contributed by atoms with van der Waals surface area (Å²) in [5.74, 6) is 0. The van der Waals surface area contributed by atoms with Crippen molar-refractivity contribution in [3.8, 4) is 0 Å². The summed E-state index contributed by atoms with van der Waals surface area (Å²) in [7, 11) is 0. The maximum absolute atomic E-state index is 4.33. The Morgan fingerprint density at radius 2 is 2.29 bits per heavy atom. The smallest absolute Gasteiger partial charge is 0.138 e. The van der Waals surface area contributed by atoms with Gasteiger partial charge in [0.1, 0.15) is 5.65 Å². The fraction of sp³-hybridized carbons (Fsp3) is 0.300. The first kappa shape index (κ1) is 9.76. The first-order valence-corrected chi connectivity index (χ1v) is 5.64. The number of anilines is 1. The van der Waals surface area contributed by atoms with Crippen molar-refractivity contribution >= 4 is 39.3 Å². The molecule has 0 saturated heterocycles. The second kappa shape index (κ2) is 3.76. The Hall–Kier alpha value is -0.780. The molecule has 74 valence electrons. The van der Waals surface area contributed by atoms with Crippen LogP contribution in [-0.4, -0.2) is 16.0 Å². The number of nitrogens with one attached hydrogen (secondary N) is 2. The average molecular weight is 301 g/mol. The van der Waals surface area contributed by atoms with E-state index in [9.17, 15) is 0 Å². The van der Waals surface area contributed by atoms with Gasteiger partial charge in [-0.15, -0.1) is 0 Å². The third-order valence-electron chi connectivity index (χ3n) is 1.94. The molecule has 0 aliphatic carbocycles. The van der Waals surface area contributed by atoms with Crippen LogP contribution in [0.4, 0.5) is 5.69 Å². The Bertz CT molecular complexity index is 448. The van der Waals surface area contributed by atoms with Gasteiger partial charge in [0.15, 0.2) is 0 Å². The first-order valence-electron chi connectivity index (χ1n) is 4.56. The third kappa shape index (κ3) is 1.84. The van der Waals surface area contributed by atoms with Crippen molar-refractivity contribution in [2.45, 2.75) is 19.9 Å². The van der Waals surface area contributed by atoms with Gasteiger partial charge in [-0.3, -0.25) is 0 Å². The largest absolute Gasteiger partial charge is 0.382 e. The fourth-order valence-corrected chi connectivity index (χ4v) is 1.95. The zero-order valence-electron chi connectivity index (χ0n) is 8.13. The topological polar surface area (TPSA) is 40.7 Å². The highest BCUT2D eigenvalue weighted by atomic mass is 127. The van der Waals surface area contributed by atoms with Gasteiger partial charge in [0.25, 0.3) is 0 Å². The van der Waals surface area contributed by atoms with Crippen LogP contribution < -0.4 is 5.32 Å². The van der Waals surface area contributed by atoms with E-state index in [1.54, 1.807) is 0 Å². The number of rotatable bonds is 2. The number of H-pyrrole nitrogens is 1. The molecule has 0 aromatic carbocycles. The summed E-state index contributed by atoms with van der Waals surface area (Å²) in [6.07, 6.45) is 3.83. The van der Waals surface area contributed by atoms with Crippen LogP contribution in [-0.2, 0) is 0 Å². The summed E-state index contributed by atoms with van der Waals surface area (Å²) >= 11 is 2.30. The summed E-state index contributed by atoms with van der Waals surface area (Å²) in [6.45, 7) is 4.23. The van der Waals surface area contributed by atoms with Crippen LogP contribution >= 0.6 is 22.6 Å². The van der Waals surface area contributed by atoms with Crippen molar-refractivity contribution in [2.24, 2.45) is 0 Å². The van der Waals surface area contributed by atoms with E-state index < -0.39 is 0 Å². The van der Waals surface area contributed by atoms with Crippen LogP contribution in [0.3, 0.4) is 0 Å². The van der Waals surface area contributed by atoms with Gasteiger partial charge in [-0.1, -0.05) is 0 Å². The Morgan fingerprint density at radius 1 is 1.50 bits per heavy atom. The van der Waals surface area contributed by atoms with Crippen LogP contribution in [0.1, 0.15) is 13.8 Å². The lowest BCUT2D eigenvalue weighted by molar-refractivity contribution is 0.898. The lowest BCUT2D eigenvalue weighted by atomic mass is 10.3. The first-order chi connectivity index (χ1) is 6.66. The third-order valence-corrected chi connectivity index (χ3v) is 2.83. The van der Waals surface area contributed by atoms with E-state index >= 15 is 0 Å². The summed E-state index contributed by atoms with van der Waals surface area (Å²) in [4.78, 5) is 7.45. The summed E-state index contributed by atoms with van der Waals surface area (Å²) in [5, 5.41) is 4.51. The lowest BCUT2D eigenvalue weighted by Crippen LogP contribution is -2.09. The maximum Gasteiger partial charge on any atom is 0.138 e. The van der Waals surface area contributed by atoms with Gasteiger partial charge in [0.2, 0.25) is 0 Å². The molecule has 0 unspecified atom stereocenters. The Morgan fingerprint density at radius 3 is 3.00 bits per heavy atom. The van der Waals surface area contributed by atoms with E-state index in [1.165, 1.54) is 8.96 Å². The molecular formula is C10H12IN3. The molecular weight excluding hydrogens is 289 g/mol. The van der Waals surface area contributed by atoms with E-state index in [1.807, 2.05) is 12.4 Å². The zero-order valence-corrected chi connectivity index (χ0v) is 10.3. The Kier molecular flexibility index (Phi) is 2.62. The van der Waals surface area contributed by atoms with E-state index in [-0.39, 0.29) is 0 Å². The van der Waals surface area contributed by atoms with Crippen LogP contribution in [0.25, 0.3) is 11.0 Å². The molecule has 0 amide bonds. The predicted molar refractivity (Wildman–Crippen MR) is 67.6 cm³/mol. The molecule has 0 aliphatic rings. The van der Waals surface area contributed by atoms with Crippen LogP contribution in [0.15, 0.2) is 18.5 Å². The second-order valence-corrected chi connectivity index (χ2v) is 4.72. The monoisotopic (exact) mass is 301 g/mol. The molecule has 0 atom stereocenters. The highest BCUT2D eigenvalue weighted by molar-refractivity contribution is 14.1. The second-order valence-electron chi connectivity index (χ2n) is 3.56. The lowest BCUT2D eigenvalue weighted by Gasteiger charge is -2.08. The molecule has 0 bridgehead atoms. The molecule has 0 saturated carbocycles. The fourth-order valence-electron chi connectivity index (χ4n) is 1.38. The number of pyridine rings is 1. The number of aromatic amines is 1. The number of nitrogens with zero attached hydrogens (tertiary/aromatic N) is 1. The highest BCUT2D eigenvalue weighted by Crippen LogP contribution is 2.21. The molecule has 0 spiro atoms. The quantitative estimate of drug-likeness (QED) is 0.837. The molecule has 2 aromatic heterocycles. The SMILES string of the molecule is CC(C)Nc1cnc2[nH]cc(I)c2c1. The predicted octanol–water partition coefficient (Wildman–Crippen LogP) is 2.99. The molecule has 14 heavy (non-hydrogen) atoms. The van der Waals surface area contributed by atoms with Crippen molar-refractivity contribution < 1.29 is 0 Å². The van der Waals surface area contributed by atoms with Crippen LogP contribution in [0, 0.1) is 3.57 Å². The van der Waals surface area contributed by atoms with Crippen molar-refractivity contribution in [3.63, 3.8) is 0 Å². The maximum atomic E-state index is 4.33. The van der Waals surface area contributed by atoms with E-state index in [2.05, 4.69) is 57.8 Å². The molecule has 2 N–H and O–H groups in total. The van der Waals surface area contributed by atoms with Gasteiger partial charge < -0.3 is 10.3 Å². The summed E-state index contributed by atoms with van der Waals surface area (Å²) < 4.78 is 1.21. The van der Waals surface area contributed by atoms with Gasteiger partial charge in [0, 0.05) is 21.2 Å². The van der Waals surface area contributed by atoms with Crippen LogP contribution in [0.5, 0.6) is 0 Å². The molecule has 4 heteroatoms. The minimum atomic E-state index is 0.436. The van der Waals surface area contributed by atoms with Crippen molar-refractivity contribution in [2.75, 3.05) is 5.32 Å². The number of fused-ring (bicyclic) bond motifs is 1. The van der Waals surface area contributed by atoms with E-state index in [0.717, 1.165) is 11.3 Å². The number of hydrogen-bond acceptors (Lipinski definition) is 2. The number of hydrogen-bond donors (Lipinski definition) is 2. The van der Waals surface area contributed by atoms with Gasteiger partial charge >= 0.3 is 0 Å². The van der Waals surface area contributed by atoms with Gasteiger partial charge in [0.05, 0.1) is 11.9 Å². The van der Waals surface area contributed by atoms with Crippen LogP contribution in [0.2, 0.25) is 0 Å². The molecule has 0 fully saturated rings. The van der Waals surface area contributed by atoms with Gasteiger partial charge in [-0.2, -0.15) is 0 Å². The van der Waals surface area contributed by atoms with Crippen molar-refractivity contribution in [1.29, 1.82) is 0 Å². The zero-order chi connectivity index (χ0) is 10.1. The summed E-state index contributed by atoms with van der Waals surface area (Å²) in [6, 6.07) is 2.56. The minimum Gasteiger partial charge on any atom is -0.382 e. The van der Waals surface area contributed by atoms with Gasteiger partial charge in [-0.05, 0) is 42.5 Å². The Balaban J connectivity index is 2.44. The molecule has 0 radical (unpaired) electrons. The van der Waals surface area contributed by atoms with E-state index in [4.69, 9.17) is 0 Å². The highest BCUT2D eigenvalue weighted by Gasteiger charge is 2.03. The van der Waals surface area contributed by atoms with Gasteiger partial charge in [-0.25, -0.2) is 4.98 Å². The molecule has 2 aromatic rings. The Labute approximate surface area is 96.4 Å². The minimum absolute atomic E-state index is 0.436. The van der Waals surface area contributed by atoms with Crippen molar-refractivity contribution in [3.05, 3.63) is 22.0 Å². The standard InChI is InChI=1S/C10H12IN3/c1-6(2)14-7-3-8-9(11)5-13-10(8)12-4-7/h3-6,14H,1-2H3,(H,12,13).